The summed E-state index contributed by atoms with van der Waals surface area (Å²) in [6.45, 7) is 0. The molecule has 116 valence electrons. The van der Waals surface area contributed by atoms with Crippen LogP contribution in [0.3, 0.4) is 0 Å². The number of nitrogens with zero attached hydrogens (tertiary/aromatic N) is 2. The Labute approximate surface area is 136 Å². The fraction of sp³-hybridized carbons (Fsp3) is 0.350. The zero-order chi connectivity index (χ0) is 15.3. The maximum absolute atomic E-state index is 6.50. The number of rotatable bonds is 1. The van der Waals surface area contributed by atoms with Gasteiger partial charge in [0, 0.05) is 24.8 Å². The van der Waals surface area contributed by atoms with Crippen LogP contribution >= 0.6 is 0 Å². The standard InChI is InChI=1S/C20H20N2O/c1-2-8-15(9-3-1)17-14-18-16-10-4-5-11-19(16)23-20(22(18)21-17)12-6-7-13-20/h1-5,8-11,18H,6-7,12-14H2. The van der Waals surface area contributed by atoms with Crippen LogP contribution in [0.4, 0.5) is 0 Å². The van der Waals surface area contributed by atoms with Crippen LogP contribution in [-0.4, -0.2) is 16.4 Å². The van der Waals surface area contributed by atoms with E-state index in [4.69, 9.17) is 9.84 Å². The van der Waals surface area contributed by atoms with E-state index in [9.17, 15) is 0 Å². The van der Waals surface area contributed by atoms with Crippen molar-refractivity contribution in [1.82, 2.24) is 5.01 Å². The molecule has 1 atom stereocenters. The highest BCUT2D eigenvalue weighted by Gasteiger charge is 2.51. The molecule has 3 nitrogen and oxygen atoms in total. The first-order valence-electron chi connectivity index (χ1n) is 8.56. The molecular weight excluding hydrogens is 284 g/mol. The highest BCUT2D eigenvalue weighted by molar-refractivity contribution is 6.01. The summed E-state index contributed by atoms with van der Waals surface area (Å²) in [4.78, 5) is 0. The Bertz CT molecular complexity index is 762. The summed E-state index contributed by atoms with van der Waals surface area (Å²) in [6, 6.07) is 19.4. The minimum Gasteiger partial charge on any atom is -0.466 e. The van der Waals surface area contributed by atoms with E-state index in [0.29, 0.717) is 6.04 Å². The molecule has 1 unspecified atom stereocenters. The largest absolute Gasteiger partial charge is 0.466 e. The number of fused-ring (bicyclic) bond motifs is 4. The van der Waals surface area contributed by atoms with Crippen molar-refractivity contribution < 1.29 is 4.74 Å². The molecule has 0 bridgehead atoms. The summed E-state index contributed by atoms with van der Waals surface area (Å²) >= 11 is 0. The van der Waals surface area contributed by atoms with Crippen LogP contribution in [0.15, 0.2) is 59.7 Å². The molecule has 2 aromatic carbocycles. The van der Waals surface area contributed by atoms with E-state index >= 15 is 0 Å². The van der Waals surface area contributed by atoms with Gasteiger partial charge in [0.05, 0.1) is 11.8 Å². The Kier molecular flexibility index (Phi) is 2.78. The van der Waals surface area contributed by atoms with Crippen LogP contribution in [0, 0.1) is 0 Å². The van der Waals surface area contributed by atoms with Crippen molar-refractivity contribution in [2.45, 2.75) is 43.9 Å². The topological polar surface area (TPSA) is 24.8 Å². The van der Waals surface area contributed by atoms with Gasteiger partial charge in [0.1, 0.15) is 5.75 Å². The molecule has 1 fully saturated rings. The van der Waals surface area contributed by atoms with Crippen molar-refractivity contribution in [3.63, 3.8) is 0 Å². The van der Waals surface area contributed by atoms with E-state index in [1.807, 2.05) is 0 Å². The Hall–Kier alpha value is -2.29. The van der Waals surface area contributed by atoms with Crippen molar-refractivity contribution in [2.75, 3.05) is 0 Å². The molecule has 3 heteroatoms. The number of para-hydroxylation sites is 1. The molecule has 3 aliphatic rings. The van der Waals surface area contributed by atoms with Gasteiger partial charge in [-0.25, -0.2) is 5.01 Å². The van der Waals surface area contributed by atoms with E-state index < -0.39 is 0 Å². The third kappa shape index (κ3) is 1.92. The first-order valence-corrected chi connectivity index (χ1v) is 8.56. The van der Waals surface area contributed by atoms with Crippen molar-refractivity contribution in [2.24, 2.45) is 5.10 Å². The number of hydrazone groups is 1. The highest BCUT2D eigenvalue weighted by Crippen LogP contribution is 2.51. The van der Waals surface area contributed by atoms with Crippen LogP contribution in [0.2, 0.25) is 0 Å². The molecule has 2 aromatic rings. The SMILES string of the molecule is c1ccc(C2=NN3C(C2)c2ccccc2OC32CCCC2)cc1. The van der Waals surface area contributed by atoms with E-state index in [0.717, 1.165) is 25.0 Å². The average molecular weight is 304 g/mol. The monoisotopic (exact) mass is 304 g/mol. The summed E-state index contributed by atoms with van der Waals surface area (Å²) in [5.41, 5.74) is 3.46. The molecule has 0 N–H and O–H groups in total. The first-order chi connectivity index (χ1) is 11.4. The molecule has 5 rings (SSSR count). The fourth-order valence-corrected chi connectivity index (χ4v) is 4.29. The molecule has 2 aliphatic heterocycles. The molecule has 0 aromatic heterocycles. The van der Waals surface area contributed by atoms with Crippen LogP contribution < -0.4 is 4.74 Å². The first kappa shape index (κ1) is 13.2. The lowest BCUT2D eigenvalue weighted by atomic mass is 9.94. The molecule has 1 saturated carbocycles. The molecule has 0 amide bonds. The van der Waals surface area contributed by atoms with Crippen molar-refractivity contribution in [3.05, 3.63) is 65.7 Å². The lowest BCUT2D eigenvalue weighted by Crippen LogP contribution is -2.51. The summed E-state index contributed by atoms with van der Waals surface area (Å²) in [7, 11) is 0. The Morgan fingerprint density at radius 2 is 1.70 bits per heavy atom. The third-order valence-electron chi connectivity index (χ3n) is 5.40. The highest BCUT2D eigenvalue weighted by atomic mass is 16.5. The minimum absolute atomic E-state index is 0.227. The van der Waals surface area contributed by atoms with Crippen LogP contribution in [0.1, 0.15) is 49.3 Å². The number of hydrogen-bond acceptors (Lipinski definition) is 3. The van der Waals surface area contributed by atoms with Crippen molar-refractivity contribution in [1.29, 1.82) is 0 Å². The number of benzene rings is 2. The summed E-state index contributed by atoms with van der Waals surface area (Å²) in [5, 5.41) is 7.32. The van der Waals surface area contributed by atoms with E-state index in [1.54, 1.807) is 0 Å². The molecule has 0 radical (unpaired) electrons. The van der Waals surface area contributed by atoms with Crippen LogP contribution in [0.5, 0.6) is 5.75 Å². The molecule has 1 spiro atoms. The summed E-state index contributed by atoms with van der Waals surface area (Å²) < 4.78 is 6.50. The number of hydrogen-bond donors (Lipinski definition) is 0. The van der Waals surface area contributed by atoms with Gasteiger partial charge >= 0.3 is 0 Å². The zero-order valence-corrected chi connectivity index (χ0v) is 13.1. The van der Waals surface area contributed by atoms with E-state index in [-0.39, 0.29) is 5.72 Å². The summed E-state index contributed by atoms with van der Waals surface area (Å²) in [6.07, 6.45) is 5.56. The predicted octanol–water partition coefficient (Wildman–Crippen LogP) is 4.50. The van der Waals surface area contributed by atoms with Gasteiger partial charge in [0.2, 0.25) is 0 Å². The molecule has 2 heterocycles. The Morgan fingerprint density at radius 3 is 2.52 bits per heavy atom. The third-order valence-corrected chi connectivity index (χ3v) is 5.40. The van der Waals surface area contributed by atoms with E-state index in [1.165, 1.54) is 29.7 Å². The van der Waals surface area contributed by atoms with Crippen LogP contribution in [0.25, 0.3) is 0 Å². The molecular formula is C20H20N2O. The smallest absolute Gasteiger partial charge is 0.198 e. The minimum atomic E-state index is -0.227. The fourth-order valence-electron chi connectivity index (χ4n) is 4.29. The second kappa shape index (κ2) is 4.85. The summed E-state index contributed by atoms with van der Waals surface area (Å²) in [5.74, 6) is 1.06. The van der Waals surface area contributed by atoms with Gasteiger partial charge in [-0.05, 0) is 24.5 Å². The normalized spacial score (nSPS) is 24.1. The molecule has 0 saturated heterocycles. The van der Waals surface area contributed by atoms with Crippen LogP contribution in [-0.2, 0) is 0 Å². The molecule has 1 aliphatic carbocycles. The Balaban J connectivity index is 1.62. The van der Waals surface area contributed by atoms with Gasteiger partial charge < -0.3 is 4.74 Å². The second-order valence-corrected chi connectivity index (χ2v) is 6.77. The van der Waals surface area contributed by atoms with Crippen molar-refractivity contribution in [3.8, 4) is 5.75 Å². The lowest BCUT2D eigenvalue weighted by Gasteiger charge is -2.45. The van der Waals surface area contributed by atoms with Gasteiger partial charge in [0.15, 0.2) is 5.72 Å². The zero-order valence-electron chi connectivity index (χ0n) is 13.1. The number of ether oxygens (including phenoxy) is 1. The predicted molar refractivity (Wildman–Crippen MR) is 90.4 cm³/mol. The van der Waals surface area contributed by atoms with Gasteiger partial charge in [-0.3, -0.25) is 0 Å². The quantitative estimate of drug-likeness (QED) is 0.775. The van der Waals surface area contributed by atoms with Crippen molar-refractivity contribution >= 4 is 5.71 Å². The second-order valence-electron chi connectivity index (χ2n) is 6.77. The van der Waals surface area contributed by atoms with E-state index in [2.05, 4.69) is 59.6 Å². The van der Waals surface area contributed by atoms with Gasteiger partial charge in [-0.2, -0.15) is 5.10 Å². The maximum Gasteiger partial charge on any atom is 0.198 e. The Morgan fingerprint density at radius 1 is 0.957 bits per heavy atom. The lowest BCUT2D eigenvalue weighted by molar-refractivity contribution is -0.114. The van der Waals surface area contributed by atoms with Gasteiger partial charge in [-0.1, -0.05) is 48.5 Å². The van der Waals surface area contributed by atoms with Gasteiger partial charge in [-0.15, -0.1) is 0 Å². The molecule has 23 heavy (non-hydrogen) atoms. The average Bonchev–Trinajstić information content (AvgIpc) is 3.24. The van der Waals surface area contributed by atoms with Gasteiger partial charge in [0.25, 0.3) is 0 Å². The maximum atomic E-state index is 6.50.